The Morgan fingerprint density at radius 3 is 2.66 bits per heavy atom. The number of benzene rings is 2. The van der Waals surface area contributed by atoms with Gasteiger partial charge >= 0.3 is 6.03 Å². The summed E-state index contributed by atoms with van der Waals surface area (Å²) in [7, 11) is 3.80. The molecule has 1 fully saturated rings. The molecule has 8 nitrogen and oxygen atoms in total. The number of carbonyl (C=O) groups is 1. The first-order valence-corrected chi connectivity index (χ1v) is 13.6. The third-order valence-corrected chi connectivity index (χ3v) is 7.40. The number of hydrogen-bond donors (Lipinski definition) is 2. The van der Waals surface area contributed by atoms with Gasteiger partial charge in [0, 0.05) is 31.9 Å². The van der Waals surface area contributed by atoms with Crippen molar-refractivity contribution in [2.45, 2.75) is 32.6 Å². The smallest absolute Gasteiger partial charge is 0.324 e. The molecule has 1 atom stereocenters. The number of rotatable bonds is 10. The number of aryl methyl sites for hydroxylation is 1. The Bertz CT molecular complexity index is 1230. The van der Waals surface area contributed by atoms with Crippen molar-refractivity contribution >= 4 is 40.7 Å². The SMILES string of the molecule is COCCCc1cc(Cl)c(Cl)cc1NC(=O)Nc1c(C)c(OC[C@@H]2CCCN(C)C2)nn1-c1ccccc1. The molecule has 2 heterocycles. The molecule has 3 aromatic rings. The third-order valence-electron chi connectivity index (χ3n) is 6.68. The number of nitrogens with zero attached hydrogens (tertiary/aromatic N) is 3. The van der Waals surface area contributed by atoms with Crippen LogP contribution in [0, 0.1) is 12.8 Å². The van der Waals surface area contributed by atoms with Gasteiger partial charge in [-0.1, -0.05) is 41.4 Å². The van der Waals surface area contributed by atoms with E-state index in [2.05, 4.69) is 22.6 Å². The van der Waals surface area contributed by atoms with Crippen molar-refractivity contribution in [2.75, 3.05) is 51.1 Å². The Morgan fingerprint density at radius 2 is 1.92 bits per heavy atom. The van der Waals surface area contributed by atoms with Crippen molar-refractivity contribution in [3.8, 4) is 11.6 Å². The van der Waals surface area contributed by atoms with E-state index < -0.39 is 6.03 Å². The summed E-state index contributed by atoms with van der Waals surface area (Å²) in [5.41, 5.74) is 3.03. The lowest BCUT2D eigenvalue weighted by Gasteiger charge is -2.29. The number of halogens is 2. The standard InChI is InChI=1S/C28H35Cl2N5O3/c1-19-26(32-28(36)31-25-16-24(30)23(29)15-21(25)10-8-14-37-3)35(22-11-5-4-6-12-22)33-27(19)38-18-20-9-7-13-34(2)17-20/h4-6,11-12,15-16,20H,7-10,13-14,17-18H2,1-3H3,(H2,31,32,36)/t20-/m1/s1. The molecule has 0 unspecified atom stereocenters. The Morgan fingerprint density at radius 1 is 1.16 bits per heavy atom. The second kappa shape index (κ2) is 13.3. The van der Waals surface area contributed by atoms with Crippen LogP contribution in [-0.4, -0.2) is 61.2 Å². The van der Waals surface area contributed by atoms with Crippen molar-refractivity contribution in [3.63, 3.8) is 0 Å². The van der Waals surface area contributed by atoms with Gasteiger partial charge in [-0.05, 0) is 76.0 Å². The first kappa shape index (κ1) is 28.2. The van der Waals surface area contributed by atoms with Gasteiger partial charge in [0.1, 0.15) is 5.82 Å². The zero-order valence-electron chi connectivity index (χ0n) is 22.1. The summed E-state index contributed by atoms with van der Waals surface area (Å²) in [4.78, 5) is 15.6. The highest BCUT2D eigenvalue weighted by Crippen LogP contribution is 2.32. The fraction of sp³-hybridized carbons (Fsp3) is 0.429. The van der Waals surface area contributed by atoms with Crippen LogP contribution in [0.25, 0.3) is 5.69 Å². The van der Waals surface area contributed by atoms with E-state index in [9.17, 15) is 4.79 Å². The topological polar surface area (TPSA) is 80.7 Å². The highest BCUT2D eigenvalue weighted by atomic mass is 35.5. The van der Waals surface area contributed by atoms with Crippen LogP contribution >= 0.6 is 23.2 Å². The van der Waals surface area contributed by atoms with Crippen LogP contribution in [0.3, 0.4) is 0 Å². The molecule has 2 amide bonds. The summed E-state index contributed by atoms with van der Waals surface area (Å²) in [5, 5.41) is 11.4. The van der Waals surface area contributed by atoms with Crippen LogP contribution in [0.4, 0.5) is 16.3 Å². The van der Waals surface area contributed by atoms with Crippen molar-refractivity contribution in [1.29, 1.82) is 0 Å². The molecule has 38 heavy (non-hydrogen) atoms. The van der Waals surface area contributed by atoms with E-state index in [1.807, 2.05) is 37.3 Å². The third kappa shape index (κ3) is 7.20. The van der Waals surface area contributed by atoms with Gasteiger partial charge < -0.3 is 19.7 Å². The van der Waals surface area contributed by atoms with Gasteiger partial charge in [0.25, 0.3) is 0 Å². The number of ether oxygens (including phenoxy) is 2. The molecule has 204 valence electrons. The van der Waals surface area contributed by atoms with Crippen molar-refractivity contribution in [3.05, 3.63) is 63.6 Å². The summed E-state index contributed by atoms with van der Waals surface area (Å²) in [6.45, 7) is 5.20. The van der Waals surface area contributed by atoms with Gasteiger partial charge in [0.2, 0.25) is 5.88 Å². The summed E-state index contributed by atoms with van der Waals surface area (Å²) in [6, 6.07) is 12.7. The van der Waals surface area contributed by atoms with Gasteiger partial charge in [-0.3, -0.25) is 5.32 Å². The second-order valence-electron chi connectivity index (χ2n) is 9.71. The number of methoxy groups -OCH3 is 1. The first-order chi connectivity index (χ1) is 18.4. The molecule has 4 rings (SSSR count). The molecule has 2 aromatic carbocycles. The number of carbonyl (C=O) groups excluding carboxylic acids is 1. The lowest BCUT2D eigenvalue weighted by molar-refractivity contribution is 0.147. The summed E-state index contributed by atoms with van der Waals surface area (Å²) in [6.07, 6.45) is 3.75. The Labute approximate surface area is 234 Å². The summed E-state index contributed by atoms with van der Waals surface area (Å²) < 4.78 is 13.1. The highest BCUT2D eigenvalue weighted by Gasteiger charge is 2.23. The number of nitrogens with one attached hydrogen (secondary N) is 2. The number of urea groups is 1. The van der Waals surface area contributed by atoms with E-state index in [-0.39, 0.29) is 0 Å². The van der Waals surface area contributed by atoms with Crippen molar-refractivity contribution in [1.82, 2.24) is 14.7 Å². The molecule has 0 saturated carbocycles. The zero-order valence-corrected chi connectivity index (χ0v) is 23.6. The number of anilines is 2. The number of para-hydroxylation sites is 1. The van der Waals surface area contributed by atoms with E-state index in [4.69, 9.17) is 37.8 Å². The van der Waals surface area contributed by atoms with E-state index in [0.717, 1.165) is 49.2 Å². The highest BCUT2D eigenvalue weighted by molar-refractivity contribution is 6.42. The van der Waals surface area contributed by atoms with Gasteiger partial charge in [0.05, 0.1) is 27.9 Å². The van der Waals surface area contributed by atoms with Crippen molar-refractivity contribution in [2.24, 2.45) is 5.92 Å². The Kier molecular flexibility index (Phi) is 9.91. The largest absolute Gasteiger partial charge is 0.476 e. The molecule has 0 aliphatic carbocycles. The van der Waals surface area contributed by atoms with Crippen LogP contribution in [0.5, 0.6) is 5.88 Å². The van der Waals surface area contributed by atoms with Crippen LogP contribution in [0.1, 0.15) is 30.4 Å². The molecule has 1 aromatic heterocycles. The molecule has 0 bridgehead atoms. The normalized spacial score (nSPS) is 15.9. The average molecular weight is 561 g/mol. The van der Waals surface area contributed by atoms with Gasteiger partial charge in [0.15, 0.2) is 0 Å². The van der Waals surface area contributed by atoms with Crippen LogP contribution in [0.2, 0.25) is 10.0 Å². The first-order valence-electron chi connectivity index (χ1n) is 12.9. The molecule has 0 radical (unpaired) electrons. The maximum absolute atomic E-state index is 13.2. The molecule has 1 aliphatic heterocycles. The molecule has 1 saturated heterocycles. The fourth-order valence-electron chi connectivity index (χ4n) is 4.70. The van der Waals surface area contributed by atoms with Crippen LogP contribution < -0.4 is 15.4 Å². The van der Waals surface area contributed by atoms with Gasteiger partial charge in [-0.2, -0.15) is 0 Å². The number of amides is 2. The molecule has 2 N–H and O–H groups in total. The minimum Gasteiger partial charge on any atom is -0.476 e. The monoisotopic (exact) mass is 559 g/mol. The summed E-state index contributed by atoms with van der Waals surface area (Å²) >= 11 is 12.5. The molecule has 0 spiro atoms. The number of hydrogen-bond acceptors (Lipinski definition) is 5. The number of aromatic nitrogens is 2. The lowest BCUT2D eigenvalue weighted by Crippen LogP contribution is -2.34. The quantitative estimate of drug-likeness (QED) is 0.280. The van der Waals surface area contributed by atoms with Crippen LogP contribution in [0.15, 0.2) is 42.5 Å². The summed E-state index contributed by atoms with van der Waals surface area (Å²) in [5.74, 6) is 1.48. The van der Waals surface area contributed by atoms with Crippen molar-refractivity contribution < 1.29 is 14.3 Å². The van der Waals surface area contributed by atoms with E-state index in [0.29, 0.717) is 53.0 Å². The maximum Gasteiger partial charge on any atom is 0.324 e. The predicted molar refractivity (Wildman–Crippen MR) is 153 cm³/mol. The zero-order chi connectivity index (χ0) is 27.1. The average Bonchev–Trinajstić information content (AvgIpc) is 3.21. The van der Waals surface area contributed by atoms with Gasteiger partial charge in [-0.15, -0.1) is 5.10 Å². The molecular formula is C28H35Cl2N5O3. The minimum absolute atomic E-state index is 0.368. The fourth-order valence-corrected chi connectivity index (χ4v) is 5.05. The molecule has 10 heteroatoms. The van der Waals surface area contributed by atoms with E-state index in [1.165, 1.54) is 0 Å². The molecule has 1 aliphatic rings. The van der Waals surface area contributed by atoms with Gasteiger partial charge in [-0.25, -0.2) is 9.48 Å². The number of piperidine rings is 1. The minimum atomic E-state index is -0.419. The maximum atomic E-state index is 13.2. The Hall–Kier alpha value is -2.78. The number of likely N-dealkylation sites (tertiary alicyclic amines) is 1. The molecular weight excluding hydrogens is 525 g/mol. The van der Waals surface area contributed by atoms with E-state index >= 15 is 0 Å². The second-order valence-corrected chi connectivity index (χ2v) is 10.5. The Balaban J connectivity index is 1.55. The predicted octanol–water partition coefficient (Wildman–Crippen LogP) is 6.43. The lowest BCUT2D eigenvalue weighted by atomic mass is 10.00. The van der Waals surface area contributed by atoms with E-state index in [1.54, 1.807) is 23.9 Å². The van der Waals surface area contributed by atoms with Crippen LogP contribution in [-0.2, 0) is 11.2 Å².